The van der Waals surface area contributed by atoms with E-state index in [1.165, 1.54) is 12.5 Å². The van der Waals surface area contributed by atoms with E-state index in [9.17, 15) is 9.59 Å². The highest BCUT2D eigenvalue weighted by atomic mass is 16.3. The number of hydrogen-bond acceptors (Lipinski definition) is 3. The van der Waals surface area contributed by atoms with Crippen molar-refractivity contribution in [2.45, 2.75) is 59.1 Å². The molecule has 0 radical (unpaired) electrons. The molecule has 0 aromatic carbocycles. The van der Waals surface area contributed by atoms with Crippen LogP contribution < -0.4 is 5.32 Å². The second-order valence-corrected chi connectivity index (χ2v) is 4.53. The molecule has 120 valence electrons. The number of amides is 1. The minimum atomic E-state index is -0.830. The molecule has 2 atom stereocenters. The Morgan fingerprint density at radius 3 is 2.33 bits per heavy atom. The smallest absolute Gasteiger partial charge is 0.220 e. The average Bonchev–Trinajstić information content (AvgIpc) is 2.46. The zero-order valence-electron chi connectivity index (χ0n) is 13.6. The molecule has 2 N–H and O–H groups in total. The van der Waals surface area contributed by atoms with Gasteiger partial charge in [0.05, 0.1) is 6.10 Å². The first kappa shape index (κ1) is 21.6. The fourth-order valence-electron chi connectivity index (χ4n) is 1.36. The summed E-state index contributed by atoms with van der Waals surface area (Å²) >= 11 is 0. The van der Waals surface area contributed by atoms with Crippen LogP contribution in [-0.4, -0.2) is 29.4 Å². The monoisotopic (exact) mass is 295 g/mol. The first-order valence-corrected chi connectivity index (χ1v) is 7.33. The molecule has 0 rings (SSSR count). The Hall–Kier alpha value is -1.68. The second-order valence-electron chi connectivity index (χ2n) is 4.53. The van der Waals surface area contributed by atoms with E-state index in [0.29, 0.717) is 12.7 Å². The van der Waals surface area contributed by atoms with E-state index in [4.69, 9.17) is 5.11 Å². The van der Waals surface area contributed by atoms with Crippen LogP contribution in [0.5, 0.6) is 0 Å². The van der Waals surface area contributed by atoms with Gasteiger partial charge in [0.15, 0.2) is 0 Å². The van der Waals surface area contributed by atoms with Crippen molar-refractivity contribution >= 4 is 12.2 Å². The van der Waals surface area contributed by atoms with Gasteiger partial charge in [-0.25, -0.2) is 0 Å². The lowest BCUT2D eigenvalue weighted by molar-refractivity contribution is -0.125. The summed E-state index contributed by atoms with van der Waals surface area (Å²) in [6.45, 7) is 11.1. The van der Waals surface area contributed by atoms with Crippen molar-refractivity contribution in [1.82, 2.24) is 5.32 Å². The Labute approximate surface area is 128 Å². The molecule has 1 amide bonds. The highest BCUT2D eigenvalue weighted by molar-refractivity contribution is 5.79. The van der Waals surface area contributed by atoms with E-state index in [1.807, 2.05) is 19.9 Å². The molecule has 2 unspecified atom stereocenters. The molecular weight excluding hydrogens is 266 g/mol. The minimum absolute atomic E-state index is 0.199. The molecule has 0 heterocycles. The van der Waals surface area contributed by atoms with Gasteiger partial charge in [-0.15, -0.1) is 0 Å². The van der Waals surface area contributed by atoms with Gasteiger partial charge in [-0.1, -0.05) is 50.3 Å². The maximum Gasteiger partial charge on any atom is 0.220 e. The first-order valence-electron chi connectivity index (χ1n) is 7.33. The van der Waals surface area contributed by atoms with E-state index in [-0.39, 0.29) is 5.91 Å². The van der Waals surface area contributed by atoms with Gasteiger partial charge in [0.25, 0.3) is 0 Å². The summed E-state index contributed by atoms with van der Waals surface area (Å²) < 4.78 is 0. The number of rotatable bonds is 8. The van der Waals surface area contributed by atoms with Crippen molar-refractivity contribution in [1.29, 1.82) is 0 Å². The standard InChI is InChI=1S/C9H14.C8H15NO3/c1-4-7-8-9(5-2)6-3;1-3-4-8(12)9-7(5-10)6(2)11/h4-5,7-8H,1,6H2,2-3H3;5-7,11H,3-4H2,1-2H3,(H,9,12)/b8-7-,9-5-;. The number of aliphatic hydroxyl groups is 1. The van der Waals surface area contributed by atoms with Crippen LogP contribution in [0.4, 0.5) is 0 Å². The van der Waals surface area contributed by atoms with Gasteiger partial charge in [0, 0.05) is 6.42 Å². The predicted octanol–water partition coefficient (Wildman–Crippen LogP) is 2.94. The SMILES string of the molecule is C=C/C=C\C(=C/C)CC.CCCC(=O)NC(C=O)C(C)O. The van der Waals surface area contributed by atoms with Crippen molar-refractivity contribution in [3.8, 4) is 0 Å². The van der Waals surface area contributed by atoms with Crippen molar-refractivity contribution in [3.05, 3.63) is 36.5 Å². The third-order valence-corrected chi connectivity index (χ3v) is 2.70. The van der Waals surface area contributed by atoms with Crippen LogP contribution in [0.1, 0.15) is 47.0 Å². The van der Waals surface area contributed by atoms with Gasteiger partial charge in [0.2, 0.25) is 5.91 Å². The molecule has 21 heavy (non-hydrogen) atoms. The van der Waals surface area contributed by atoms with Crippen molar-refractivity contribution in [2.75, 3.05) is 0 Å². The lowest BCUT2D eigenvalue weighted by atomic mass is 10.2. The van der Waals surface area contributed by atoms with Crippen LogP contribution in [0.25, 0.3) is 0 Å². The molecule has 0 aromatic heterocycles. The maximum absolute atomic E-state index is 10.9. The molecule has 0 aliphatic heterocycles. The molecular formula is C17H29NO3. The van der Waals surface area contributed by atoms with Crippen molar-refractivity contribution in [2.24, 2.45) is 0 Å². The molecule has 0 aromatic rings. The van der Waals surface area contributed by atoms with E-state index in [1.54, 1.807) is 6.08 Å². The Morgan fingerprint density at radius 1 is 1.38 bits per heavy atom. The molecule has 0 aliphatic carbocycles. The Kier molecular flexibility index (Phi) is 15.2. The van der Waals surface area contributed by atoms with Crippen molar-refractivity contribution in [3.63, 3.8) is 0 Å². The molecule has 0 bridgehead atoms. The van der Waals surface area contributed by atoms with Crippen LogP contribution in [-0.2, 0) is 9.59 Å². The van der Waals surface area contributed by atoms with Crippen LogP contribution in [0.15, 0.2) is 36.5 Å². The first-order chi connectivity index (χ1) is 9.96. The minimum Gasteiger partial charge on any atom is -0.391 e. The van der Waals surface area contributed by atoms with Crippen LogP contribution >= 0.6 is 0 Å². The van der Waals surface area contributed by atoms with E-state index in [0.717, 1.165) is 12.8 Å². The molecule has 0 saturated heterocycles. The summed E-state index contributed by atoms with van der Waals surface area (Å²) in [5, 5.41) is 11.4. The number of carbonyl (C=O) groups excluding carboxylic acids is 2. The average molecular weight is 295 g/mol. The molecule has 0 aliphatic rings. The van der Waals surface area contributed by atoms with Crippen molar-refractivity contribution < 1.29 is 14.7 Å². The summed E-state index contributed by atoms with van der Waals surface area (Å²) in [5.74, 6) is -0.199. The van der Waals surface area contributed by atoms with Gasteiger partial charge in [-0.05, 0) is 26.7 Å². The summed E-state index contributed by atoms with van der Waals surface area (Å²) in [6.07, 6.45) is 9.86. The molecule has 4 nitrogen and oxygen atoms in total. The number of hydrogen-bond donors (Lipinski definition) is 2. The fourth-order valence-corrected chi connectivity index (χ4v) is 1.36. The summed E-state index contributed by atoms with van der Waals surface area (Å²) in [5.41, 5.74) is 1.36. The second kappa shape index (κ2) is 14.7. The highest BCUT2D eigenvalue weighted by Crippen LogP contribution is 2.00. The zero-order chi connectivity index (χ0) is 16.7. The quantitative estimate of drug-likeness (QED) is 0.534. The van der Waals surface area contributed by atoms with Crippen LogP contribution in [0, 0.1) is 0 Å². The van der Waals surface area contributed by atoms with Gasteiger partial charge >= 0.3 is 0 Å². The Bertz CT molecular complexity index is 357. The number of aliphatic hydroxyl groups excluding tert-OH is 1. The van der Waals surface area contributed by atoms with Crippen LogP contribution in [0.3, 0.4) is 0 Å². The molecule has 0 fully saturated rings. The number of nitrogens with one attached hydrogen (secondary N) is 1. The van der Waals surface area contributed by atoms with Gasteiger partial charge in [0.1, 0.15) is 12.3 Å². The Balaban J connectivity index is 0. The van der Waals surface area contributed by atoms with Crippen LogP contribution in [0.2, 0.25) is 0 Å². The lowest BCUT2D eigenvalue weighted by Crippen LogP contribution is -2.43. The third kappa shape index (κ3) is 13.1. The van der Waals surface area contributed by atoms with Gasteiger partial charge in [-0.3, -0.25) is 4.79 Å². The largest absolute Gasteiger partial charge is 0.391 e. The topological polar surface area (TPSA) is 66.4 Å². The number of allylic oxidation sites excluding steroid dienone is 5. The molecule has 0 saturated carbocycles. The summed E-state index contributed by atoms with van der Waals surface area (Å²) in [6, 6.07) is -0.774. The Morgan fingerprint density at radius 2 is 2.00 bits per heavy atom. The summed E-state index contributed by atoms with van der Waals surface area (Å²) in [4.78, 5) is 21.2. The van der Waals surface area contributed by atoms with E-state index < -0.39 is 12.1 Å². The highest BCUT2D eigenvalue weighted by Gasteiger charge is 2.15. The number of carbonyl (C=O) groups is 2. The molecule has 0 spiro atoms. The normalized spacial score (nSPS) is 13.9. The zero-order valence-corrected chi connectivity index (χ0v) is 13.6. The lowest BCUT2D eigenvalue weighted by Gasteiger charge is -2.14. The maximum atomic E-state index is 10.9. The van der Waals surface area contributed by atoms with Gasteiger partial charge in [-0.2, -0.15) is 0 Å². The van der Waals surface area contributed by atoms with E-state index >= 15 is 0 Å². The predicted molar refractivity (Wildman–Crippen MR) is 88.0 cm³/mol. The van der Waals surface area contributed by atoms with E-state index in [2.05, 4.69) is 31.0 Å². The molecule has 4 heteroatoms. The summed E-state index contributed by atoms with van der Waals surface area (Å²) in [7, 11) is 0. The fraction of sp³-hybridized carbons (Fsp3) is 0.529. The third-order valence-electron chi connectivity index (χ3n) is 2.70. The van der Waals surface area contributed by atoms with Gasteiger partial charge < -0.3 is 15.2 Å². The number of aldehydes is 1.